The summed E-state index contributed by atoms with van der Waals surface area (Å²) in [4.78, 5) is 37.0. The predicted octanol–water partition coefficient (Wildman–Crippen LogP) is 3.16. The van der Waals surface area contributed by atoms with Crippen LogP contribution < -0.4 is 10.2 Å². The van der Waals surface area contributed by atoms with Crippen LogP contribution in [0.4, 0.5) is 17.1 Å². The lowest BCUT2D eigenvalue weighted by atomic mass is 10.2. The lowest BCUT2D eigenvalue weighted by Gasteiger charge is -2.18. The van der Waals surface area contributed by atoms with Gasteiger partial charge in [0, 0.05) is 36.6 Å². The Kier molecular flexibility index (Phi) is 5.69. The molecule has 8 nitrogen and oxygen atoms in total. The van der Waals surface area contributed by atoms with Gasteiger partial charge in [0.2, 0.25) is 0 Å². The zero-order chi connectivity index (χ0) is 20.1. The first-order chi connectivity index (χ1) is 13.4. The molecule has 3 rings (SSSR count). The van der Waals surface area contributed by atoms with Gasteiger partial charge in [0.15, 0.2) is 6.10 Å². The van der Waals surface area contributed by atoms with Gasteiger partial charge in [0.1, 0.15) is 0 Å². The van der Waals surface area contributed by atoms with Gasteiger partial charge in [-0.05, 0) is 31.2 Å². The summed E-state index contributed by atoms with van der Waals surface area (Å²) in [5.74, 6) is -1.19. The number of carbonyl (C=O) groups is 2. The van der Waals surface area contributed by atoms with Crippen LogP contribution in [0.25, 0.3) is 0 Å². The molecular formula is C20H19N3O5. The van der Waals surface area contributed by atoms with Gasteiger partial charge >= 0.3 is 5.97 Å². The van der Waals surface area contributed by atoms with Crippen LogP contribution in [0.15, 0.2) is 60.7 Å². The second kappa shape index (κ2) is 8.34. The highest BCUT2D eigenvalue weighted by molar-refractivity contribution is 5.97. The quantitative estimate of drug-likeness (QED) is 0.357. The summed E-state index contributed by atoms with van der Waals surface area (Å²) in [6.45, 7) is 3.00. The molecule has 1 heterocycles. The van der Waals surface area contributed by atoms with Crippen LogP contribution in [0.3, 0.4) is 0 Å². The molecule has 1 atom stereocenters. The molecule has 1 N–H and O–H groups in total. The summed E-state index contributed by atoms with van der Waals surface area (Å²) in [6.07, 6.45) is 3.03. The van der Waals surface area contributed by atoms with Crippen molar-refractivity contribution in [2.45, 2.75) is 13.0 Å². The molecule has 0 bridgehead atoms. The first kappa shape index (κ1) is 19.1. The lowest BCUT2D eigenvalue weighted by molar-refractivity contribution is -0.384. The number of amides is 1. The normalized spacial score (nSPS) is 13.8. The van der Waals surface area contributed by atoms with Gasteiger partial charge in [-0.25, -0.2) is 4.79 Å². The van der Waals surface area contributed by atoms with Crippen molar-refractivity contribution in [2.24, 2.45) is 0 Å². The smallest absolute Gasteiger partial charge is 0.338 e. The predicted molar refractivity (Wildman–Crippen MR) is 104 cm³/mol. The Balaban J connectivity index is 1.62. The molecule has 0 spiro atoms. The monoisotopic (exact) mass is 381 g/mol. The number of nitrogens with one attached hydrogen (secondary N) is 1. The Hall–Kier alpha value is -3.68. The maximum absolute atomic E-state index is 12.4. The molecule has 1 amide bonds. The zero-order valence-electron chi connectivity index (χ0n) is 15.2. The van der Waals surface area contributed by atoms with Gasteiger partial charge in [-0.15, -0.1) is 0 Å². The van der Waals surface area contributed by atoms with Crippen molar-refractivity contribution in [1.82, 2.24) is 0 Å². The highest BCUT2D eigenvalue weighted by atomic mass is 16.6. The maximum atomic E-state index is 12.4. The molecule has 28 heavy (non-hydrogen) atoms. The van der Waals surface area contributed by atoms with Crippen molar-refractivity contribution in [3.63, 3.8) is 0 Å². The third kappa shape index (κ3) is 4.53. The van der Waals surface area contributed by atoms with Crippen LogP contribution >= 0.6 is 0 Å². The van der Waals surface area contributed by atoms with Crippen molar-refractivity contribution in [1.29, 1.82) is 0 Å². The van der Waals surface area contributed by atoms with Gasteiger partial charge in [0.05, 0.1) is 10.5 Å². The van der Waals surface area contributed by atoms with E-state index >= 15 is 0 Å². The number of esters is 1. The molecule has 0 saturated heterocycles. The van der Waals surface area contributed by atoms with E-state index < -0.39 is 22.9 Å². The fourth-order valence-electron chi connectivity index (χ4n) is 2.74. The average molecular weight is 381 g/mol. The number of rotatable bonds is 6. The van der Waals surface area contributed by atoms with E-state index in [-0.39, 0.29) is 11.4 Å². The summed E-state index contributed by atoms with van der Waals surface area (Å²) < 4.78 is 5.25. The summed E-state index contributed by atoms with van der Waals surface area (Å²) in [7, 11) is 0. The van der Waals surface area contributed by atoms with E-state index in [1.165, 1.54) is 31.2 Å². The number of non-ortho nitro benzene ring substituents is 1. The van der Waals surface area contributed by atoms with Crippen LogP contribution in [-0.4, -0.2) is 36.0 Å². The van der Waals surface area contributed by atoms with E-state index in [4.69, 9.17) is 4.74 Å². The van der Waals surface area contributed by atoms with Gasteiger partial charge in [-0.2, -0.15) is 0 Å². The van der Waals surface area contributed by atoms with Crippen LogP contribution in [0.1, 0.15) is 17.3 Å². The Morgan fingerprint density at radius 2 is 1.86 bits per heavy atom. The Bertz CT molecular complexity index is 933. The molecule has 1 aliphatic rings. The fraction of sp³-hybridized carbons (Fsp3) is 0.200. The minimum Gasteiger partial charge on any atom is -0.449 e. The molecule has 144 valence electrons. The number of nitro groups is 1. The second-order valence-corrected chi connectivity index (χ2v) is 6.27. The number of benzene rings is 2. The Labute approximate surface area is 161 Å². The third-order valence-corrected chi connectivity index (χ3v) is 4.24. The minimum atomic E-state index is -1.07. The Morgan fingerprint density at radius 3 is 2.57 bits per heavy atom. The number of ether oxygens (including phenoxy) is 1. The molecule has 0 fully saturated rings. The van der Waals surface area contributed by atoms with Crippen molar-refractivity contribution >= 4 is 28.9 Å². The number of nitrogens with zero attached hydrogens (tertiary/aromatic N) is 2. The Morgan fingerprint density at radius 1 is 1.14 bits per heavy atom. The zero-order valence-corrected chi connectivity index (χ0v) is 15.2. The summed E-state index contributed by atoms with van der Waals surface area (Å²) in [5.41, 5.74) is 1.36. The SMILES string of the molecule is C[C@@H](OC(=O)c1cccc(N2CC=CC2)c1)C(=O)Nc1cccc([N+](=O)[O-])c1. The van der Waals surface area contributed by atoms with Gasteiger partial charge in [0.25, 0.3) is 11.6 Å². The van der Waals surface area contributed by atoms with E-state index in [0.29, 0.717) is 5.56 Å². The number of hydrogen-bond acceptors (Lipinski definition) is 6. The van der Waals surface area contributed by atoms with Gasteiger partial charge in [-0.3, -0.25) is 14.9 Å². The third-order valence-electron chi connectivity index (χ3n) is 4.24. The number of carbonyl (C=O) groups excluding carboxylic acids is 2. The molecule has 2 aromatic rings. The number of hydrogen-bond donors (Lipinski definition) is 1. The average Bonchev–Trinajstić information content (AvgIpc) is 3.23. The molecule has 1 aliphatic heterocycles. The van der Waals surface area contributed by atoms with E-state index in [1.807, 2.05) is 18.2 Å². The van der Waals surface area contributed by atoms with Crippen molar-refractivity contribution in [3.05, 3.63) is 76.4 Å². The minimum absolute atomic E-state index is 0.143. The second-order valence-electron chi connectivity index (χ2n) is 6.27. The van der Waals surface area contributed by atoms with E-state index in [0.717, 1.165) is 18.8 Å². The fourth-order valence-corrected chi connectivity index (χ4v) is 2.74. The van der Waals surface area contributed by atoms with Crippen LogP contribution in [0, 0.1) is 10.1 Å². The molecule has 8 heteroatoms. The van der Waals surface area contributed by atoms with Crippen LogP contribution in [0.2, 0.25) is 0 Å². The van der Waals surface area contributed by atoms with Crippen LogP contribution in [0.5, 0.6) is 0 Å². The highest BCUT2D eigenvalue weighted by Gasteiger charge is 2.20. The summed E-state index contributed by atoms with van der Waals surface area (Å²) in [5, 5.41) is 13.3. The van der Waals surface area contributed by atoms with Gasteiger partial charge < -0.3 is 15.0 Å². The van der Waals surface area contributed by atoms with E-state index in [9.17, 15) is 19.7 Å². The van der Waals surface area contributed by atoms with Crippen molar-refractivity contribution in [2.75, 3.05) is 23.3 Å². The van der Waals surface area contributed by atoms with E-state index in [1.54, 1.807) is 18.2 Å². The van der Waals surface area contributed by atoms with Crippen molar-refractivity contribution < 1.29 is 19.2 Å². The molecular weight excluding hydrogens is 362 g/mol. The topological polar surface area (TPSA) is 102 Å². The standard InChI is InChI=1S/C20H19N3O5/c1-14(19(24)21-16-7-5-9-18(13-16)23(26)27)28-20(25)15-6-4-8-17(12-15)22-10-2-3-11-22/h2-9,12-14H,10-11H2,1H3,(H,21,24)/t14-/m1/s1. The molecule has 0 unspecified atom stereocenters. The molecule has 2 aromatic carbocycles. The maximum Gasteiger partial charge on any atom is 0.338 e. The van der Waals surface area contributed by atoms with Crippen LogP contribution in [-0.2, 0) is 9.53 Å². The lowest BCUT2D eigenvalue weighted by Crippen LogP contribution is -2.30. The summed E-state index contributed by atoms with van der Waals surface area (Å²) in [6, 6.07) is 12.6. The van der Waals surface area contributed by atoms with Gasteiger partial charge in [-0.1, -0.05) is 24.3 Å². The number of anilines is 2. The largest absolute Gasteiger partial charge is 0.449 e. The van der Waals surface area contributed by atoms with E-state index in [2.05, 4.69) is 10.2 Å². The first-order valence-corrected chi connectivity index (χ1v) is 8.70. The number of nitro benzene ring substituents is 1. The molecule has 0 radical (unpaired) electrons. The molecule has 0 saturated carbocycles. The highest BCUT2D eigenvalue weighted by Crippen LogP contribution is 2.20. The molecule has 0 aliphatic carbocycles. The molecule has 0 aromatic heterocycles. The summed E-state index contributed by atoms with van der Waals surface area (Å²) >= 11 is 0. The first-order valence-electron chi connectivity index (χ1n) is 8.70. The van der Waals surface area contributed by atoms with Crippen molar-refractivity contribution in [3.8, 4) is 0 Å².